The first-order valence-electron chi connectivity index (χ1n) is 17.3. The number of carbonyl (C=O) groups excluding carboxylic acids is 2. The van der Waals surface area contributed by atoms with Gasteiger partial charge in [-0.1, -0.05) is 66.9 Å². The van der Waals surface area contributed by atoms with Crippen molar-refractivity contribution < 1.29 is 27.6 Å². The van der Waals surface area contributed by atoms with Crippen LogP contribution in [-0.2, 0) is 27.0 Å². The van der Waals surface area contributed by atoms with E-state index in [0.717, 1.165) is 70.2 Å². The van der Waals surface area contributed by atoms with Gasteiger partial charge in [0.05, 0.1) is 17.3 Å². The van der Waals surface area contributed by atoms with Gasteiger partial charge in [0, 0.05) is 25.2 Å². The molecule has 2 aromatic rings. The zero-order chi connectivity index (χ0) is 35.8. The summed E-state index contributed by atoms with van der Waals surface area (Å²) in [4.78, 5) is 35.4. The van der Waals surface area contributed by atoms with Crippen LogP contribution in [0.1, 0.15) is 101 Å². The predicted molar refractivity (Wildman–Crippen MR) is 185 cm³/mol. The van der Waals surface area contributed by atoms with Gasteiger partial charge in [0.25, 0.3) is 0 Å². The highest BCUT2D eigenvalue weighted by atomic mass is 19.4. The number of alkyl halides is 3. The molecule has 9 nitrogen and oxygen atoms in total. The summed E-state index contributed by atoms with van der Waals surface area (Å²) in [6.07, 6.45) is 1.76. The van der Waals surface area contributed by atoms with Crippen LogP contribution in [0.25, 0.3) is 0 Å². The molecule has 1 heterocycles. The molecule has 1 saturated carbocycles. The van der Waals surface area contributed by atoms with E-state index < -0.39 is 35.2 Å². The Kier molecular flexibility index (Phi) is 12.7. The van der Waals surface area contributed by atoms with Crippen LogP contribution in [-0.4, -0.2) is 59.7 Å². The molecule has 2 fully saturated rings. The van der Waals surface area contributed by atoms with E-state index in [-0.39, 0.29) is 35.6 Å². The van der Waals surface area contributed by atoms with Crippen LogP contribution in [0.15, 0.2) is 53.7 Å². The summed E-state index contributed by atoms with van der Waals surface area (Å²) in [5, 5.41) is 18.0. The lowest BCUT2D eigenvalue weighted by molar-refractivity contribution is -0.137. The Hall–Kier alpha value is -4.09. The standard InChI is InChI=1S/C37H51F3N6O3/c1-24(41)46-19-17-26(18-20-46)23-43-35(48)32(27-9-6-5-7-10-27)44-34(47)31(29-11-8-12-30(22-29)37(38,39)40)21-25-13-15-28(16-14-25)33(42)45-49-36(2,3)4/h8,11-16,22,26-27,31-32,41H,5-7,9-10,17-21,23H2,1-4H3,(H2,42,45)(H,43,48)(H,44,47)/t31?,32-/m0/s1. The lowest BCUT2D eigenvalue weighted by atomic mass is 9.82. The monoisotopic (exact) mass is 684 g/mol. The molecule has 0 bridgehead atoms. The number of amidine groups is 2. The normalized spacial score (nSPS) is 18.0. The lowest BCUT2D eigenvalue weighted by Gasteiger charge is -2.34. The number of piperidine rings is 1. The second kappa shape index (κ2) is 16.5. The molecule has 2 aliphatic rings. The van der Waals surface area contributed by atoms with Gasteiger partial charge >= 0.3 is 6.18 Å². The number of nitrogens with zero attached hydrogens (tertiary/aromatic N) is 2. The fraction of sp³-hybridized carbons (Fsp3) is 0.568. The van der Waals surface area contributed by atoms with Gasteiger partial charge < -0.3 is 26.1 Å². The van der Waals surface area contributed by atoms with Crippen LogP contribution < -0.4 is 16.4 Å². The highest BCUT2D eigenvalue weighted by Crippen LogP contribution is 2.33. The van der Waals surface area contributed by atoms with Gasteiger partial charge in [0.2, 0.25) is 11.8 Å². The molecule has 1 unspecified atom stereocenters. The minimum Gasteiger partial charge on any atom is -0.388 e. The third-order valence-corrected chi connectivity index (χ3v) is 9.40. The third-order valence-electron chi connectivity index (χ3n) is 9.40. The Labute approximate surface area is 287 Å². The Morgan fingerprint density at radius 2 is 1.65 bits per heavy atom. The molecule has 1 saturated heterocycles. The van der Waals surface area contributed by atoms with Crippen molar-refractivity contribution in [3.05, 3.63) is 70.8 Å². The topological polar surface area (TPSA) is 133 Å². The number of benzene rings is 2. The number of hydrogen-bond acceptors (Lipinski definition) is 5. The highest BCUT2D eigenvalue weighted by Gasteiger charge is 2.35. The minimum absolute atomic E-state index is 0.0702. The zero-order valence-electron chi connectivity index (χ0n) is 29.0. The van der Waals surface area contributed by atoms with E-state index in [1.807, 2.05) is 25.7 Å². The van der Waals surface area contributed by atoms with E-state index in [4.69, 9.17) is 16.0 Å². The van der Waals surface area contributed by atoms with E-state index in [0.29, 0.717) is 23.5 Å². The summed E-state index contributed by atoms with van der Waals surface area (Å²) in [5.41, 5.74) is 6.25. The number of carbonyl (C=O) groups is 2. The molecular weight excluding hydrogens is 633 g/mol. The molecule has 1 aliphatic heterocycles. The largest absolute Gasteiger partial charge is 0.416 e. The van der Waals surface area contributed by atoms with Crippen molar-refractivity contribution in [1.82, 2.24) is 15.5 Å². The van der Waals surface area contributed by atoms with Crippen molar-refractivity contribution in [2.24, 2.45) is 22.7 Å². The number of amides is 2. The minimum atomic E-state index is -4.58. The number of hydrogen-bond donors (Lipinski definition) is 4. The van der Waals surface area contributed by atoms with Crippen LogP contribution in [0.4, 0.5) is 13.2 Å². The number of halogens is 3. The van der Waals surface area contributed by atoms with Gasteiger partial charge in [0.1, 0.15) is 11.6 Å². The van der Waals surface area contributed by atoms with Crippen molar-refractivity contribution in [3.8, 4) is 0 Å². The van der Waals surface area contributed by atoms with Crippen LogP contribution in [0.3, 0.4) is 0 Å². The van der Waals surface area contributed by atoms with Crippen LogP contribution in [0, 0.1) is 17.2 Å². The summed E-state index contributed by atoms with van der Waals surface area (Å²) in [5.74, 6) is -0.839. The predicted octanol–water partition coefficient (Wildman–Crippen LogP) is 6.36. The molecule has 0 radical (unpaired) electrons. The van der Waals surface area contributed by atoms with E-state index in [1.165, 1.54) is 12.1 Å². The van der Waals surface area contributed by atoms with Crippen molar-refractivity contribution in [1.29, 1.82) is 5.41 Å². The molecule has 2 amide bonds. The van der Waals surface area contributed by atoms with Crippen molar-refractivity contribution in [2.75, 3.05) is 19.6 Å². The van der Waals surface area contributed by atoms with Gasteiger partial charge in [-0.15, -0.1) is 0 Å². The first-order chi connectivity index (χ1) is 23.1. The molecule has 5 N–H and O–H groups in total. The van der Waals surface area contributed by atoms with E-state index in [2.05, 4.69) is 15.8 Å². The molecule has 12 heteroatoms. The average molecular weight is 685 g/mol. The second-order valence-corrected chi connectivity index (χ2v) is 14.4. The third kappa shape index (κ3) is 11.2. The smallest absolute Gasteiger partial charge is 0.388 e. The summed E-state index contributed by atoms with van der Waals surface area (Å²) in [6, 6.07) is 11.0. The first-order valence-corrected chi connectivity index (χ1v) is 17.3. The quantitative estimate of drug-likeness (QED) is 0.124. The number of rotatable bonds is 11. The van der Waals surface area contributed by atoms with E-state index in [9.17, 15) is 22.8 Å². The molecule has 2 atom stereocenters. The van der Waals surface area contributed by atoms with Gasteiger partial charge in [-0.3, -0.25) is 15.0 Å². The summed E-state index contributed by atoms with van der Waals surface area (Å²) in [7, 11) is 0. The Balaban J connectivity index is 1.56. The Morgan fingerprint density at radius 3 is 2.24 bits per heavy atom. The second-order valence-electron chi connectivity index (χ2n) is 14.4. The molecule has 4 rings (SSSR count). The van der Waals surface area contributed by atoms with Gasteiger partial charge in [0.15, 0.2) is 5.84 Å². The zero-order valence-corrected chi connectivity index (χ0v) is 29.0. The van der Waals surface area contributed by atoms with E-state index >= 15 is 0 Å². The number of nitrogens with two attached hydrogens (primary N) is 1. The van der Waals surface area contributed by atoms with Gasteiger partial charge in [-0.25, -0.2) is 0 Å². The maximum absolute atomic E-state index is 14.2. The maximum atomic E-state index is 14.2. The molecule has 0 spiro atoms. The Morgan fingerprint density at radius 1 is 1.00 bits per heavy atom. The van der Waals surface area contributed by atoms with Gasteiger partial charge in [-0.05, 0) is 88.8 Å². The summed E-state index contributed by atoms with van der Waals surface area (Å²) >= 11 is 0. The fourth-order valence-corrected chi connectivity index (χ4v) is 6.53. The van der Waals surface area contributed by atoms with Gasteiger partial charge in [-0.2, -0.15) is 13.2 Å². The van der Waals surface area contributed by atoms with Crippen molar-refractivity contribution in [3.63, 3.8) is 0 Å². The number of likely N-dealkylation sites (tertiary alicyclic amines) is 1. The van der Waals surface area contributed by atoms with Crippen molar-refractivity contribution >= 4 is 23.5 Å². The van der Waals surface area contributed by atoms with Crippen LogP contribution in [0.5, 0.6) is 0 Å². The van der Waals surface area contributed by atoms with Crippen LogP contribution >= 0.6 is 0 Å². The molecule has 1 aliphatic carbocycles. The summed E-state index contributed by atoms with van der Waals surface area (Å²) in [6.45, 7) is 9.32. The SMILES string of the molecule is CC(=N)N1CCC(CNC(=O)[C@@H](NC(=O)C(Cc2ccc(C(N)=NOC(C)(C)C)cc2)c2cccc(C(F)(F)F)c2)C2CCCCC2)CC1. The lowest BCUT2D eigenvalue weighted by Crippen LogP contribution is -2.53. The van der Waals surface area contributed by atoms with E-state index in [1.54, 1.807) is 31.2 Å². The number of oxime groups is 1. The average Bonchev–Trinajstić information content (AvgIpc) is 3.07. The molecular formula is C37H51F3N6O3. The molecule has 268 valence electrons. The molecule has 49 heavy (non-hydrogen) atoms. The van der Waals surface area contributed by atoms with Crippen LogP contribution in [0.2, 0.25) is 0 Å². The van der Waals surface area contributed by atoms with Crippen molar-refractivity contribution in [2.45, 2.75) is 103 Å². The molecule has 2 aromatic carbocycles. The highest BCUT2D eigenvalue weighted by molar-refractivity contribution is 5.97. The number of nitrogens with one attached hydrogen (secondary N) is 3. The maximum Gasteiger partial charge on any atom is 0.416 e. The summed E-state index contributed by atoms with van der Waals surface area (Å²) < 4.78 is 41.3. The Bertz CT molecular complexity index is 1460. The fourth-order valence-electron chi connectivity index (χ4n) is 6.53. The first kappa shape index (κ1) is 37.7. The molecule has 0 aromatic heterocycles.